The maximum atomic E-state index is 12.1. The Morgan fingerprint density at radius 1 is 1.50 bits per heavy atom. The highest BCUT2D eigenvalue weighted by Gasteiger charge is 2.33. The van der Waals surface area contributed by atoms with Crippen LogP contribution in [0.2, 0.25) is 0 Å². The fourth-order valence-electron chi connectivity index (χ4n) is 2.76. The van der Waals surface area contributed by atoms with Crippen LogP contribution < -0.4 is 5.32 Å². The maximum Gasteiger partial charge on any atom is 0.238 e. The van der Waals surface area contributed by atoms with Gasteiger partial charge in [-0.1, -0.05) is 0 Å². The number of piperazine rings is 1. The van der Waals surface area contributed by atoms with E-state index >= 15 is 0 Å². The molecule has 1 aromatic rings. The van der Waals surface area contributed by atoms with Crippen LogP contribution in [-0.4, -0.2) is 64.0 Å². The smallest absolute Gasteiger partial charge is 0.238 e. The van der Waals surface area contributed by atoms with Gasteiger partial charge in [-0.05, 0) is 13.8 Å². The molecule has 2 heterocycles. The molecule has 1 aliphatic rings. The normalized spacial score (nSPS) is 21.4. The molecule has 1 N–H and O–H groups in total. The monoisotopic (exact) mass is 279 g/mol. The summed E-state index contributed by atoms with van der Waals surface area (Å²) in [5.74, 6) is 1.14. The second kappa shape index (κ2) is 6.37. The van der Waals surface area contributed by atoms with E-state index in [0.717, 1.165) is 32.0 Å². The Hall–Kier alpha value is -1.40. The molecule has 1 aromatic heterocycles. The molecule has 0 radical (unpaired) electrons. The quantitative estimate of drug-likeness (QED) is 0.847. The van der Waals surface area contributed by atoms with Crippen molar-refractivity contribution in [3.8, 4) is 0 Å². The van der Waals surface area contributed by atoms with E-state index in [4.69, 9.17) is 0 Å². The number of rotatable bonds is 4. The van der Waals surface area contributed by atoms with Gasteiger partial charge in [0.05, 0.1) is 6.54 Å². The molecule has 1 amide bonds. The summed E-state index contributed by atoms with van der Waals surface area (Å²) in [6.07, 6.45) is 3.77. The first-order valence-electron chi connectivity index (χ1n) is 7.18. The van der Waals surface area contributed by atoms with E-state index in [1.807, 2.05) is 24.0 Å². The van der Waals surface area contributed by atoms with Crippen molar-refractivity contribution in [2.45, 2.75) is 32.5 Å². The molecule has 6 nitrogen and oxygen atoms in total. The third kappa shape index (κ3) is 3.19. The molecule has 0 spiro atoms. The fraction of sp³-hybridized carbons (Fsp3) is 0.714. The maximum absolute atomic E-state index is 12.1. The van der Waals surface area contributed by atoms with Gasteiger partial charge in [-0.2, -0.15) is 0 Å². The Kier molecular flexibility index (Phi) is 4.77. The molecule has 0 aliphatic carbocycles. The zero-order valence-corrected chi connectivity index (χ0v) is 12.8. The number of aryl methyl sites for hydroxylation is 1. The number of imidazole rings is 1. The van der Waals surface area contributed by atoms with Crippen LogP contribution in [0.25, 0.3) is 0 Å². The molecule has 1 saturated heterocycles. The summed E-state index contributed by atoms with van der Waals surface area (Å²) >= 11 is 0. The highest BCUT2D eigenvalue weighted by Crippen LogP contribution is 2.15. The van der Waals surface area contributed by atoms with Crippen LogP contribution in [0.15, 0.2) is 12.4 Å². The van der Waals surface area contributed by atoms with E-state index in [1.165, 1.54) is 0 Å². The lowest BCUT2D eigenvalue weighted by Crippen LogP contribution is -2.60. The number of carbonyl (C=O) groups excluding carboxylic acids is 1. The molecule has 1 fully saturated rings. The van der Waals surface area contributed by atoms with Gasteiger partial charge in [0.2, 0.25) is 5.91 Å². The lowest BCUT2D eigenvalue weighted by Gasteiger charge is -2.42. The molecule has 0 saturated carbocycles. The zero-order chi connectivity index (χ0) is 14.7. The lowest BCUT2D eigenvalue weighted by molar-refractivity contribution is -0.129. The van der Waals surface area contributed by atoms with E-state index in [2.05, 4.69) is 33.9 Å². The summed E-state index contributed by atoms with van der Waals surface area (Å²) in [7, 11) is 3.71. The topological polar surface area (TPSA) is 53.4 Å². The predicted molar refractivity (Wildman–Crippen MR) is 78.2 cm³/mol. The lowest BCUT2D eigenvalue weighted by atomic mass is 10.1. The van der Waals surface area contributed by atoms with Gasteiger partial charge in [-0.25, -0.2) is 4.98 Å². The van der Waals surface area contributed by atoms with Gasteiger partial charge < -0.3 is 9.88 Å². The van der Waals surface area contributed by atoms with E-state index in [1.54, 1.807) is 7.05 Å². The number of likely N-dealkylation sites (N-methyl/N-ethyl adjacent to an activating group) is 1. The van der Waals surface area contributed by atoms with Crippen molar-refractivity contribution in [3.63, 3.8) is 0 Å². The van der Waals surface area contributed by atoms with Crippen LogP contribution in [0.1, 0.15) is 19.7 Å². The number of nitrogens with zero attached hydrogens (tertiary/aromatic N) is 4. The zero-order valence-electron chi connectivity index (χ0n) is 12.8. The van der Waals surface area contributed by atoms with Crippen LogP contribution in [0.4, 0.5) is 0 Å². The Labute approximate surface area is 120 Å². The first kappa shape index (κ1) is 15.0. The summed E-state index contributed by atoms with van der Waals surface area (Å²) in [5, 5.41) is 2.78. The van der Waals surface area contributed by atoms with Gasteiger partial charge in [-0.3, -0.25) is 14.6 Å². The third-order valence-electron chi connectivity index (χ3n) is 4.00. The van der Waals surface area contributed by atoms with Crippen molar-refractivity contribution in [3.05, 3.63) is 18.2 Å². The molecule has 20 heavy (non-hydrogen) atoms. The molecular weight excluding hydrogens is 254 g/mol. The van der Waals surface area contributed by atoms with E-state index in [9.17, 15) is 4.79 Å². The minimum Gasteiger partial charge on any atom is -0.358 e. The predicted octanol–water partition coefficient (Wildman–Crippen LogP) is 0.0607. The molecule has 0 unspecified atom stereocenters. The van der Waals surface area contributed by atoms with Crippen LogP contribution in [0.5, 0.6) is 0 Å². The molecule has 112 valence electrons. The molecule has 0 aromatic carbocycles. The molecular formula is C14H25N5O. The number of carbonyl (C=O) groups is 1. The van der Waals surface area contributed by atoms with Crippen LogP contribution in [-0.2, 0) is 18.4 Å². The summed E-state index contributed by atoms with van der Waals surface area (Å²) in [6.45, 7) is 7.72. The van der Waals surface area contributed by atoms with Gasteiger partial charge in [0.1, 0.15) is 11.9 Å². The first-order chi connectivity index (χ1) is 9.52. The second-order valence-electron chi connectivity index (χ2n) is 5.65. The largest absolute Gasteiger partial charge is 0.358 e. The Morgan fingerprint density at radius 3 is 2.80 bits per heavy atom. The summed E-state index contributed by atoms with van der Waals surface area (Å²) in [5.41, 5.74) is 0. The average Bonchev–Trinajstić information content (AvgIpc) is 2.83. The minimum absolute atomic E-state index is 0.0750. The van der Waals surface area contributed by atoms with Gasteiger partial charge in [0, 0.05) is 52.2 Å². The van der Waals surface area contributed by atoms with Crippen molar-refractivity contribution in [1.29, 1.82) is 0 Å². The standard InChI is InChI=1S/C14H25N5O/c1-11(2)19-8-7-18(9-12(19)14(20)15-3)10-13-16-5-6-17(13)4/h5-6,11-12H,7-10H2,1-4H3,(H,15,20)/t12-/m1/s1. The summed E-state index contributed by atoms with van der Waals surface area (Å²) < 4.78 is 2.03. The van der Waals surface area contributed by atoms with Crippen LogP contribution in [0.3, 0.4) is 0 Å². The highest BCUT2D eigenvalue weighted by molar-refractivity contribution is 5.81. The van der Waals surface area contributed by atoms with Crippen molar-refractivity contribution in [2.24, 2.45) is 7.05 Å². The van der Waals surface area contributed by atoms with Gasteiger partial charge >= 0.3 is 0 Å². The van der Waals surface area contributed by atoms with Crippen molar-refractivity contribution in [1.82, 2.24) is 24.7 Å². The first-order valence-corrected chi connectivity index (χ1v) is 7.18. The van der Waals surface area contributed by atoms with Gasteiger partial charge in [0.15, 0.2) is 0 Å². The number of aromatic nitrogens is 2. The Balaban J connectivity index is 2.05. The number of hydrogen-bond acceptors (Lipinski definition) is 4. The SMILES string of the molecule is CNC(=O)[C@H]1CN(Cc2nccn2C)CCN1C(C)C. The van der Waals surface area contributed by atoms with Gasteiger partial charge in [-0.15, -0.1) is 0 Å². The van der Waals surface area contributed by atoms with Crippen LogP contribution >= 0.6 is 0 Å². The van der Waals surface area contributed by atoms with E-state index < -0.39 is 0 Å². The molecule has 1 aliphatic heterocycles. The van der Waals surface area contributed by atoms with E-state index in [0.29, 0.717) is 6.04 Å². The molecule has 0 bridgehead atoms. The van der Waals surface area contributed by atoms with Crippen molar-refractivity contribution in [2.75, 3.05) is 26.7 Å². The third-order valence-corrected chi connectivity index (χ3v) is 4.00. The summed E-state index contributed by atoms with van der Waals surface area (Å²) in [4.78, 5) is 21.0. The second-order valence-corrected chi connectivity index (χ2v) is 5.65. The Bertz CT molecular complexity index is 456. The van der Waals surface area contributed by atoms with Crippen molar-refractivity contribution < 1.29 is 4.79 Å². The molecule has 2 rings (SSSR count). The average molecular weight is 279 g/mol. The highest BCUT2D eigenvalue weighted by atomic mass is 16.2. The number of hydrogen-bond donors (Lipinski definition) is 1. The van der Waals surface area contributed by atoms with E-state index in [-0.39, 0.29) is 11.9 Å². The Morgan fingerprint density at radius 2 is 2.25 bits per heavy atom. The minimum atomic E-state index is -0.0750. The van der Waals surface area contributed by atoms with Gasteiger partial charge in [0.25, 0.3) is 0 Å². The fourth-order valence-corrected chi connectivity index (χ4v) is 2.76. The molecule has 1 atom stereocenters. The number of amides is 1. The molecule has 6 heteroatoms. The van der Waals surface area contributed by atoms with Crippen LogP contribution in [0, 0.1) is 0 Å². The number of nitrogens with one attached hydrogen (secondary N) is 1. The van der Waals surface area contributed by atoms with Crippen molar-refractivity contribution >= 4 is 5.91 Å². The summed E-state index contributed by atoms with van der Waals surface area (Å²) in [6, 6.07) is 0.307.